The minimum absolute atomic E-state index is 0.0865. The van der Waals surface area contributed by atoms with E-state index in [1.54, 1.807) is 0 Å². The van der Waals surface area contributed by atoms with Crippen molar-refractivity contribution in [1.82, 2.24) is 5.32 Å². The van der Waals surface area contributed by atoms with E-state index in [1.807, 2.05) is 20.8 Å². The minimum Gasteiger partial charge on any atom is -0.493 e. The molecule has 0 saturated heterocycles. The molecular formula is C17H28N2O5S. The van der Waals surface area contributed by atoms with Crippen molar-refractivity contribution in [2.24, 2.45) is 11.7 Å². The number of carbonyl (C=O) groups excluding carboxylic acids is 1. The van der Waals surface area contributed by atoms with Gasteiger partial charge in [0.1, 0.15) is 0 Å². The molecule has 0 heterocycles. The van der Waals surface area contributed by atoms with Crippen LogP contribution in [0.3, 0.4) is 0 Å². The predicted molar refractivity (Wildman–Crippen MR) is 96.7 cm³/mol. The second-order valence-corrected chi connectivity index (χ2v) is 8.52. The zero-order chi connectivity index (χ0) is 19.3. The Morgan fingerprint density at radius 3 is 2.32 bits per heavy atom. The Labute approximate surface area is 149 Å². The fourth-order valence-electron chi connectivity index (χ4n) is 2.17. The normalized spacial score (nSPS) is 14.0. The van der Waals surface area contributed by atoms with E-state index in [0.29, 0.717) is 11.5 Å². The summed E-state index contributed by atoms with van der Waals surface area (Å²) in [5.41, 5.74) is 5.16. The largest absolute Gasteiger partial charge is 0.493 e. The zero-order valence-electron chi connectivity index (χ0n) is 15.5. The molecule has 0 fully saturated rings. The monoisotopic (exact) mass is 372 g/mol. The van der Waals surface area contributed by atoms with Crippen LogP contribution in [-0.2, 0) is 14.6 Å². The highest BCUT2D eigenvalue weighted by Crippen LogP contribution is 2.30. The molecule has 3 N–H and O–H groups in total. The molecular weight excluding hydrogens is 344 g/mol. The van der Waals surface area contributed by atoms with Crippen LogP contribution < -0.4 is 20.5 Å². The number of rotatable bonds is 9. The maximum Gasteiger partial charge on any atom is 0.221 e. The predicted octanol–water partition coefficient (Wildman–Crippen LogP) is 1.36. The average molecular weight is 372 g/mol. The Morgan fingerprint density at radius 2 is 1.84 bits per heavy atom. The summed E-state index contributed by atoms with van der Waals surface area (Å²) in [5, 5.41) is 2.83. The number of benzene rings is 1. The summed E-state index contributed by atoms with van der Waals surface area (Å²) in [4.78, 5) is 12.2. The second-order valence-electron chi connectivity index (χ2n) is 6.41. The van der Waals surface area contributed by atoms with Gasteiger partial charge in [-0.25, -0.2) is 8.42 Å². The molecule has 1 atom stereocenters. The summed E-state index contributed by atoms with van der Waals surface area (Å²) in [6.07, 6.45) is -0.140. The molecule has 8 heteroatoms. The van der Waals surface area contributed by atoms with Crippen LogP contribution in [0.4, 0.5) is 0 Å². The number of hydrogen-bond donors (Lipinski definition) is 2. The zero-order valence-corrected chi connectivity index (χ0v) is 16.3. The highest BCUT2D eigenvalue weighted by molar-refractivity contribution is 7.91. The van der Waals surface area contributed by atoms with Crippen molar-refractivity contribution < 1.29 is 22.7 Å². The number of nitrogens with one attached hydrogen (secondary N) is 1. The highest BCUT2D eigenvalue weighted by Gasteiger charge is 2.29. The van der Waals surface area contributed by atoms with Crippen LogP contribution in [0, 0.1) is 5.92 Å². The van der Waals surface area contributed by atoms with E-state index >= 15 is 0 Å². The lowest BCUT2D eigenvalue weighted by atomic mass is 9.88. The highest BCUT2D eigenvalue weighted by atomic mass is 32.2. The van der Waals surface area contributed by atoms with Crippen molar-refractivity contribution in [3.63, 3.8) is 0 Å². The van der Waals surface area contributed by atoms with Crippen molar-refractivity contribution in [2.75, 3.05) is 26.5 Å². The Hall–Kier alpha value is -1.80. The van der Waals surface area contributed by atoms with Gasteiger partial charge in [0.2, 0.25) is 5.91 Å². The summed E-state index contributed by atoms with van der Waals surface area (Å²) in [6.45, 7) is 6.03. The molecule has 1 aromatic carbocycles. The molecule has 7 nitrogen and oxygen atoms in total. The smallest absolute Gasteiger partial charge is 0.221 e. The number of amides is 1. The van der Waals surface area contributed by atoms with Gasteiger partial charge >= 0.3 is 0 Å². The van der Waals surface area contributed by atoms with E-state index in [-0.39, 0.29) is 35.4 Å². The number of carbonyl (C=O) groups is 1. The Bertz CT molecular complexity index is 703. The minimum atomic E-state index is -3.62. The molecule has 25 heavy (non-hydrogen) atoms. The van der Waals surface area contributed by atoms with E-state index in [2.05, 4.69) is 5.32 Å². The fourth-order valence-corrected chi connectivity index (χ4v) is 3.42. The van der Waals surface area contributed by atoms with E-state index in [1.165, 1.54) is 32.4 Å². The summed E-state index contributed by atoms with van der Waals surface area (Å²) >= 11 is 0. The quantitative estimate of drug-likeness (QED) is 0.678. The van der Waals surface area contributed by atoms with Crippen LogP contribution in [0.1, 0.15) is 27.2 Å². The van der Waals surface area contributed by atoms with E-state index in [9.17, 15) is 13.2 Å². The van der Waals surface area contributed by atoms with Crippen LogP contribution in [0.5, 0.6) is 11.5 Å². The third-order valence-electron chi connectivity index (χ3n) is 4.44. The van der Waals surface area contributed by atoms with E-state index in [0.717, 1.165) is 0 Å². The summed E-state index contributed by atoms with van der Waals surface area (Å²) < 4.78 is 35.2. The topological polar surface area (TPSA) is 108 Å². The molecule has 1 rings (SSSR count). The first kappa shape index (κ1) is 21.2. The summed E-state index contributed by atoms with van der Waals surface area (Å²) in [5.74, 6) is 0.251. The average Bonchev–Trinajstić information content (AvgIpc) is 2.59. The summed E-state index contributed by atoms with van der Waals surface area (Å²) in [7, 11) is -0.720. The number of hydrogen-bond acceptors (Lipinski definition) is 6. The van der Waals surface area contributed by atoms with Crippen LogP contribution in [0.15, 0.2) is 23.1 Å². The first-order valence-electron chi connectivity index (χ1n) is 8.05. The maximum atomic E-state index is 12.5. The first-order chi connectivity index (χ1) is 11.6. The lowest BCUT2D eigenvalue weighted by Gasteiger charge is -2.33. The standard InChI is InChI=1S/C17H28N2O5S/c1-12(2)17(3,11-18)19-16(20)8-9-25(21,22)13-6-7-14(23-4)15(10-13)24-5/h6-7,10,12H,8-9,11,18H2,1-5H3,(H,19,20). The molecule has 0 aromatic heterocycles. The number of methoxy groups -OCH3 is 2. The molecule has 142 valence electrons. The van der Waals surface area contributed by atoms with Gasteiger partial charge in [-0.2, -0.15) is 0 Å². The van der Waals surface area contributed by atoms with Crippen molar-refractivity contribution >= 4 is 15.7 Å². The Kier molecular flexibility index (Phi) is 7.25. The van der Waals surface area contributed by atoms with E-state index < -0.39 is 15.4 Å². The van der Waals surface area contributed by atoms with Crippen molar-refractivity contribution in [1.29, 1.82) is 0 Å². The molecule has 1 unspecified atom stereocenters. The van der Waals surface area contributed by atoms with Gasteiger partial charge < -0.3 is 20.5 Å². The second kappa shape index (κ2) is 8.53. The van der Waals surface area contributed by atoms with Gasteiger partial charge in [0.15, 0.2) is 21.3 Å². The van der Waals surface area contributed by atoms with Crippen LogP contribution >= 0.6 is 0 Å². The van der Waals surface area contributed by atoms with Gasteiger partial charge in [0, 0.05) is 19.0 Å². The first-order valence-corrected chi connectivity index (χ1v) is 9.70. The van der Waals surface area contributed by atoms with Gasteiger partial charge in [-0.3, -0.25) is 4.79 Å². The third kappa shape index (κ3) is 5.34. The maximum absolute atomic E-state index is 12.5. The lowest BCUT2D eigenvalue weighted by Crippen LogP contribution is -2.55. The van der Waals surface area contributed by atoms with Crippen molar-refractivity contribution in [2.45, 2.75) is 37.6 Å². The molecule has 1 aromatic rings. The Balaban J connectivity index is 2.84. The van der Waals surface area contributed by atoms with Crippen LogP contribution in [0.2, 0.25) is 0 Å². The van der Waals surface area contributed by atoms with Gasteiger partial charge in [0.25, 0.3) is 0 Å². The molecule has 0 aliphatic rings. The van der Waals surface area contributed by atoms with Gasteiger partial charge in [-0.15, -0.1) is 0 Å². The fraction of sp³-hybridized carbons (Fsp3) is 0.588. The molecule has 0 spiro atoms. The van der Waals surface area contributed by atoms with Crippen LogP contribution in [-0.4, -0.2) is 46.4 Å². The molecule has 0 aliphatic carbocycles. The Morgan fingerprint density at radius 1 is 1.24 bits per heavy atom. The van der Waals surface area contributed by atoms with Gasteiger partial charge in [-0.05, 0) is 25.0 Å². The molecule has 0 aliphatic heterocycles. The number of sulfone groups is 1. The SMILES string of the molecule is COc1ccc(S(=O)(=O)CCC(=O)NC(C)(CN)C(C)C)cc1OC. The number of ether oxygens (including phenoxy) is 2. The molecule has 0 saturated carbocycles. The van der Waals surface area contributed by atoms with Crippen LogP contribution in [0.25, 0.3) is 0 Å². The van der Waals surface area contributed by atoms with Gasteiger partial charge in [-0.1, -0.05) is 13.8 Å². The lowest BCUT2D eigenvalue weighted by molar-refractivity contribution is -0.122. The molecule has 0 bridgehead atoms. The summed E-state index contributed by atoms with van der Waals surface area (Å²) in [6, 6.07) is 4.35. The third-order valence-corrected chi connectivity index (χ3v) is 6.15. The van der Waals surface area contributed by atoms with Gasteiger partial charge in [0.05, 0.1) is 30.4 Å². The van der Waals surface area contributed by atoms with E-state index in [4.69, 9.17) is 15.2 Å². The number of nitrogens with two attached hydrogens (primary N) is 1. The molecule has 0 radical (unpaired) electrons. The molecule has 1 amide bonds. The van der Waals surface area contributed by atoms with Crippen molar-refractivity contribution in [3.8, 4) is 11.5 Å². The van der Waals surface area contributed by atoms with Crippen molar-refractivity contribution in [3.05, 3.63) is 18.2 Å².